The fraction of sp³-hybridized carbons (Fsp3) is 0.692. The third-order valence-corrected chi connectivity index (χ3v) is 2.67. The Labute approximate surface area is 119 Å². The van der Waals surface area contributed by atoms with Crippen LogP contribution in [0.1, 0.15) is 20.8 Å². The second kappa shape index (κ2) is 9.33. The predicted molar refractivity (Wildman–Crippen MR) is 74.1 cm³/mol. The van der Waals surface area contributed by atoms with Crippen molar-refractivity contribution in [2.24, 2.45) is 0 Å². The van der Waals surface area contributed by atoms with Gasteiger partial charge in [-0.15, -0.1) is 0 Å². The Morgan fingerprint density at radius 1 is 1.25 bits per heavy atom. The summed E-state index contributed by atoms with van der Waals surface area (Å²) in [4.78, 5) is 24.4. The number of carbonyl (C=O) groups is 2. The molecule has 7 nitrogen and oxygen atoms in total. The third kappa shape index (κ3) is 6.03. The van der Waals surface area contributed by atoms with Crippen molar-refractivity contribution in [3.63, 3.8) is 0 Å². The summed E-state index contributed by atoms with van der Waals surface area (Å²) in [6.45, 7) is 8.09. The van der Waals surface area contributed by atoms with Gasteiger partial charge in [0, 0.05) is 5.57 Å². The van der Waals surface area contributed by atoms with E-state index in [1.165, 1.54) is 11.8 Å². The van der Waals surface area contributed by atoms with Gasteiger partial charge in [-0.1, -0.05) is 6.58 Å². The minimum Gasteiger partial charge on any atom is -0.460 e. The van der Waals surface area contributed by atoms with Gasteiger partial charge < -0.3 is 25.2 Å². The highest BCUT2D eigenvalue weighted by Crippen LogP contribution is 2.05. The Bertz CT molecular complexity index is 336. The van der Waals surface area contributed by atoms with Crippen LogP contribution >= 0.6 is 0 Å². The van der Waals surface area contributed by atoms with Crippen LogP contribution in [0.5, 0.6) is 0 Å². The molecule has 7 heteroatoms. The number of nitrogens with zero attached hydrogens (tertiary/aromatic N) is 1. The highest BCUT2D eigenvalue weighted by molar-refractivity contribution is 5.86. The van der Waals surface area contributed by atoms with Crippen molar-refractivity contribution in [2.75, 3.05) is 26.4 Å². The number of rotatable bonds is 8. The summed E-state index contributed by atoms with van der Waals surface area (Å²) in [5.74, 6) is -0.511. The summed E-state index contributed by atoms with van der Waals surface area (Å²) in [7, 11) is 0. The summed E-state index contributed by atoms with van der Waals surface area (Å²) in [6, 6.07) is -1.27. The van der Waals surface area contributed by atoms with Crippen LogP contribution in [0.25, 0.3) is 0 Å². The molecule has 0 bridgehead atoms. The molecule has 0 aromatic heterocycles. The summed E-state index contributed by atoms with van der Waals surface area (Å²) < 4.78 is 4.84. The number of amides is 2. The molecule has 0 aliphatic carbocycles. The maximum atomic E-state index is 12.0. The molecule has 0 aliphatic heterocycles. The summed E-state index contributed by atoms with van der Waals surface area (Å²) >= 11 is 0. The maximum Gasteiger partial charge on any atom is 0.333 e. The van der Waals surface area contributed by atoms with E-state index < -0.39 is 24.1 Å². The van der Waals surface area contributed by atoms with Crippen molar-refractivity contribution in [3.05, 3.63) is 12.2 Å². The van der Waals surface area contributed by atoms with Crippen molar-refractivity contribution in [3.8, 4) is 0 Å². The van der Waals surface area contributed by atoms with Gasteiger partial charge in [0.25, 0.3) is 0 Å². The molecule has 116 valence electrons. The molecule has 0 aromatic rings. The number of ether oxygens (including phenoxy) is 1. The van der Waals surface area contributed by atoms with Gasteiger partial charge in [-0.3, -0.25) is 0 Å². The molecule has 0 heterocycles. The smallest absolute Gasteiger partial charge is 0.333 e. The van der Waals surface area contributed by atoms with E-state index in [9.17, 15) is 9.59 Å². The molecule has 0 aliphatic rings. The first-order chi connectivity index (χ1) is 9.34. The van der Waals surface area contributed by atoms with E-state index in [2.05, 4.69) is 11.9 Å². The lowest BCUT2D eigenvalue weighted by Gasteiger charge is -2.32. The number of aliphatic hydroxyl groups is 2. The molecule has 3 N–H and O–H groups in total. The molecule has 2 amide bonds. The van der Waals surface area contributed by atoms with Crippen LogP contribution in [0.3, 0.4) is 0 Å². The Kier molecular flexibility index (Phi) is 8.58. The Morgan fingerprint density at radius 3 is 2.15 bits per heavy atom. The van der Waals surface area contributed by atoms with Gasteiger partial charge in [-0.25, -0.2) is 9.59 Å². The SMILES string of the molecule is C=C(C)C(=O)OCCNC(=O)N(C(C)CO)C(C)CO. The second-order valence-electron chi connectivity index (χ2n) is 4.62. The average molecular weight is 288 g/mol. The molecular formula is C13H24N2O5. The first-order valence-electron chi connectivity index (χ1n) is 6.45. The molecule has 0 spiro atoms. The van der Waals surface area contributed by atoms with Crippen LogP contribution in [0.15, 0.2) is 12.2 Å². The first kappa shape index (κ1) is 18.4. The lowest BCUT2D eigenvalue weighted by molar-refractivity contribution is -0.138. The minimum atomic E-state index is -0.511. The van der Waals surface area contributed by atoms with Crippen molar-refractivity contribution in [2.45, 2.75) is 32.9 Å². The van der Waals surface area contributed by atoms with E-state index in [1.807, 2.05) is 0 Å². The molecule has 0 rings (SSSR count). The quantitative estimate of drug-likeness (QED) is 0.328. The van der Waals surface area contributed by atoms with Gasteiger partial charge in [0.05, 0.1) is 31.8 Å². The molecule has 2 atom stereocenters. The molecule has 0 saturated carbocycles. The number of hydrogen-bond acceptors (Lipinski definition) is 5. The van der Waals surface area contributed by atoms with Crippen molar-refractivity contribution in [1.82, 2.24) is 10.2 Å². The molecular weight excluding hydrogens is 264 g/mol. The zero-order chi connectivity index (χ0) is 15.7. The molecule has 0 fully saturated rings. The number of esters is 1. The summed E-state index contributed by atoms with van der Waals surface area (Å²) in [5, 5.41) is 20.8. The van der Waals surface area contributed by atoms with Crippen LogP contribution in [0.4, 0.5) is 4.79 Å². The monoisotopic (exact) mass is 288 g/mol. The van der Waals surface area contributed by atoms with Crippen LogP contribution in [-0.4, -0.2) is 65.6 Å². The van der Waals surface area contributed by atoms with E-state index in [1.54, 1.807) is 13.8 Å². The van der Waals surface area contributed by atoms with Crippen molar-refractivity contribution in [1.29, 1.82) is 0 Å². The molecule has 2 unspecified atom stereocenters. The largest absolute Gasteiger partial charge is 0.460 e. The van der Waals surface area contributed by atoms with Gasteiger partial charge in [-0.05, 0) is 20.8 Å². The van der Waals surface area contributed by atoms with Crippen LogP contribution in [-0.2, 0) is 9.53 Å². The molecule has 0 radical (unpaired) electrons. The Morgan fingerprint density at radius 2 is 1.75 bits per heavy atom. The third-order valence-electron chi connectivity index (χ3n) is 2.67. The molecule has 0 aromatic carbocycles. The molecule has 20 heavy (non-hydrogen) atoms. The van der Waals surface area contributed by atoms with E-state index in [0.717, 1.165) is 0 Å². The first-order valence-corrected chi connectivity index (χ1v) is 6.45. The standard InChI is InChI=1S/C13H24N2O5/c1-9(2)12(18)20-6-5-14-13(19)15(10(3)7-16)11(4)8-17/h10-11,16-17H,1,5-8H2,2-4H3,(H,14,19). The normalized spacial score (nSPS) is 13.2. The fourth-order valence-electron chi connectivity index (χ4n) is 1.53. The minimum absolute atomic E-state index is 0.0340. The van der Waals surface area contributed by atoms with Gasteiger partial charge in [0.15, 0.2) is 0 Å². The van der Waals surface area contributed by atoms with Gasteiger partial charge in [0.2, 0.25) is 0 Å². The number of aliphatic hydroxyl groups excluding tert-OH is 2. The van der Waals surface area contributed by atoms with Crippen molar-refractivity contribution < 1.29 is 24.5 Å². The van der Waals surface area contributed by atoms with Gasteiger partial charge >= 0.3 is 12.0 Å². The van der Waals surface area contributed by atoms with Gasteiger partial charge in [-0.2, -0.15) is 0 Å². The highest BCUT2D eigenvalue weighted by atomic mass is 16.5. The fourth-order valence-corrected chi connectivity index (χ4v) is 1.53. The average Bonchev–Trinajstić information content (AvgIpc) is 2.42. The number of carbonyl (C=O) groups excluding carboxylic acids is 2. The van der Waals surface area contributed by atoms with Crippen LogP contribution in [0.2, 0.25) is 0 Å². The van der Waals surface area contributed by atoms with E-state index in [4.69, 9.17) is 14.9 Å². The Balaban J connectivity index is 4.27. The lowest BCUT2D eigenvalue weighted by atomic mass is 10.2. The van der Waals surface area contributed by atoms with E-state index in [-0.39, 0.29) is 26.4 Å². The highest BCUT2D eigenvalue weighted by Gasteiger charge is 2.24. The topological polar surface area (TPSA) is 99.1 Å². The summed E-state index contributed by atoms with van der Waals surface area (Å²) in [5.41, 5.74) is 0.292. The van der Waals surface area contributed by atoms with E-state index in [0.29, 0.717) is 5.57 Å². The number of urea groups is 1. The Hall–Kier alpha value is -1.60. The zero-order valence-electron chi connectivity index (χ0n) is 12.3. The second-order valence-corrected chi connectivity index (χ2v) is 4.62. The lowest BCUT2D eigenvalue weighted by Crippen LogP contribution is -2.52. The zero-order valence-corrected chi connectivity index (χ0v) is 12.3. The molecule has 0 saturated heterocycles. The maximum absolute atomic E-state index is 12.0. The predicted octanol–water partition coefficient (Wildman–Crippen LogP) is -0.121. The summed E-state index contributed by atoms with van der Waals surface area (Å²) in [6.07, 6.45) is 0. The van der Waals surface area contributed by atoms with Crippen LogP contribution < -0.4 is 5.32 Å². The van der Waals surface area contributed by atoms with Crippen LogP contribution in [0, 0.1) is 0 Å². The van der Waals surface area contributed by atoms with Crippen molar-refractivity contribution >= 4 is 12.0 Å². The number of nitrogens with one attached hydrogen (secondary N) is 1. The number of hydrogen-bond donors (Lipinski definition) is 3. The van der Waals surface area contributed by atoms with E-state index >= 15 is 0 Å². The van der Waals surface area contributed by atoms with Gasteiger partial charge in [0.1, 0.15) is 6.61 Å².